The minimum atomic E-state index is -0.866. The van der Waals surface area contributed by atoms with E-state index in [1.807, 2.05) is 13.8 Å². The fraction of sp³-hybridized carbons (Fsp3) is 0.700. The number of carboxylic acids is 1. The predicted molar refractivity (Wildman–Crippen MR) is 57.0 cm³/mol. The molecule has 6 nitrogen and oxygen atoms in total. The first-order valence-corrected chi connectivity index (χ1v) is 5.17. The molecular formula is C10H17N3O3. The highest BCUT2D eigenvalue weighted by Gasteiger charge is 2.19. The second-order valence-electron chi connectivity index (χ2n) is 4.13. The summed E-state index contributed by atoms with van der Waals surface area (Å²) in [5, 5.41) is 12.6. The van der Waals surface area contributed by atoms with Crippen molar-refractivity contribution in [3.63, 3.8) is 0 Å². The van der Waals surface area contributed by atoms with E-state index in [9.17, 15) is 4.79 Å². The van der Waals surface area contributed by atoms with Gasteiger partial charge in [0.05, 0.1) is 6.54 Å². The molecule has 0 aromatic carbocycles. The van der Waals surface area contributed by atoms with Crippen LogP contribution in [0.2, 0.25) is 0 Å². The highest BCUT2D eigenvalue weighted by atomic mass is 16.5. The van der Waals surface area contributed by atoms with Crippen LogP contribution in [0.5, 0.6) is 0 Å². The van der Waals surface area contributed by atoms with Gasteiger partial charge < -0.3 is 9.63 Å². The van der Waals surface area contributed by atoms with Crippen LogP contribution in [-0.4, -0.2) is 39.2 Å². The quantitative estimate of drug-likeness (QED) is 0.811. The maximum atomic E-state index is 10.7. The number of carboxylic acid groups (broad SMARTS) is 1. The number of hydrogen-bond acceptors (Lipinski definition) is 5. The molecule has 0 spiro atoms. The number of aromatic nitrogens is 2. The van der Waals surface area contributed by atoms with Crippen molar-refractivity contribution < 1.29 is 14.4 Å². The fourth-order valence-corrected chi connectivity index (χ4v) is 1.11. The fourth-order valence-electron chi connectivity index (χ4n) is 1.11. The zero-order valence-electron chi connectivity index (χ0n) is 9.97. The maximum absolute atomic E-state index is 10.7. The van der Waals surface area contributed by atoms with E-state index in [2.05, 4.69) is 10.1 Å². The van der Waals surface area contributed by atoms with Gasteiger partial charge in [-0.25, -0.2) is 0 Å². The number of carbonyl (C=O) groups is 1. The number of rotatable bonds is 5. The molecule has 6 heteroatoms. The van der Waals surface area contributed by atoms with E-state index in [1.165, 1.54) is 0 Å². The largest absolute Gasteiger partial charge is 0.480 e. The molecule has 1 heterocycles. The zero-order valence-corrected chi connectivity index (χ0v) is 9.97. The highest BCUT2D eigenvalue weighted by Crippen LogP contribution is 2.12. The molecule has 1 unspecified atom stereocenters. The Morgan fingerprint density at radius 2 is 2.12 bits per heavy atom. The maximum Gasteiger partial charge on any atom is 0.320 e. The second-order valence-corrected chi connectivity index (χ2v) is 4.13. The van der Waals surface area contributed by atoms with Crippen molar-refractivity contribution in [3.05, 3.63) is 11.7 Å². The summed E-state index contributed by atoms with van der Waals surface area (Å²) in [7, 11) is 1.71. The SMILES string of the molecule is CC(C)c1nc(CN(C)C(C)C(=O)O)no1. The molecule has 1 atom stereocenters. The average Bonchev–Trinajstić information content (AvgIpc) is 2.64. The molecule has 0 aliphatic rings. The molecule has 0 radical (unpaired) electrons. The monoisotopic (exact) mass is 227 g/mol. The number of hydrogen-bond donors (Lipinski definition) is 1. The van der Waals surface area contributed by atoms with Crippen LogP contribution in [0.25, 0.3) is 0 Å². The van der Waals surface area contributed by atoms with Gasteiger partial charge in [-0.1, -0.05) is 19.0 Å². The van der Waals surface area contributed by atoms with E-state index in [0.717, 1.165) is 0 Å². The Labute approximate surface area is 94.3 Å². The van der Waals surface area contributed by atoms with Crippen molar-refractivity contribution >= 4 is 5.97 Å². The second kappa shape index (κ2) is 5.07. The van der Waals surface area contributed by atoms with Crippen molar-refractivity contribution in [2.45, 2.75) is 39.3 Å². The number of nitrogens with zero attached hydrogens (tertiary/aromatic N) is 3. The molecule has 16 heavy (non-hydrogen) atoms. The Hall–Kier alpha value is -1.43. The lowest BCUT2D eigenvalue weighted by molar-refractivity contribution is -0.142. The van der Waals surface area contributed by atoms with Crippen LogP contribution in [0.4, 0.5) is 0 Å². The number of aliphatic carboxylic acids is 1. The Morgan fingerprint density at radius 3 is 2.56 bits per heavy atom. The highest BCUT2D eigenvalue weighted by molar-refractivity contribution is 5.72. The molecule has 1 aromatic heterocycles. The summed E-state index contributed by atoms with van der Waals surface area (Å²) in [6.07, 6.45) is 0. The molecule has 90 valence electrons. The van der Waals surface area contributed by atoms with Gasteiger partial charge in [-0.15, -0.1) is 0 Å². The summed E-state index contributed by atoms with van der Waals surface area (Å²) in [6, 6.07) is -0.569. The van der Waals surface area contributed by atoms with E-state index in [-0.39, 0.29) is 5.92 Å². The van der Waals surface area contributed by atoms with Gasteiger partial charge in [0, 0.05) is 5.92 Å². The molecule has 0 saturated heterocycles. The predicted octanol–water partition coefficient (Wildman–Crippen LogP) is 1.10. The van der Waals surface area contributed by atoms with Crippen LogP contribution in [0.1, 0.15) is 38.4 Å². The van der Waals surface area contributed by atoms with E-state index in [0.29, 0.717) is 18.3 Å². The van der Waals surface area contributed by atoms with Gasteiger partial charge in [-0.05, 0) is 14.0 Å². The summed E-state index contributed by atoms with van der Waals surface area (Å²) in [4.78, 5) is 16.6. The normalized spacial score (nSPS) is 13.4. The van der Waals surface area contributed by atoms with Gasteiger partial charge in [0.1, 0.15) is 6.04 Å². The van der Waals surface area contributed by atoms with Crippen LogP contribution in [-0.2, 0) is 11.3 Å². The molecule has 0 amide bonds. The first-order valence-electron chi connectivity index (χ1n) is 5.17. The molecule has 1 rings (SSSR count). The van der Waals surface area contributed by atoms with Crippen LogP contribution in [0, 0.1) is 0 Å². The molecule has 0 aliphatic heterocycles. The minimum absolute atomic E-state index is 0.184. The third-order valence-corrected chi connectivity index (χ3v) is 2.39. The molecule has 0 bridgehead atoms. The minimum Gasteiger partial charge on any atom is -0.480 e. The van der Waals surface area contributed by atoms with E-state index in [4.69, 9.17) is 9.63 Å². The Bertz CT molecular complexity index is 362. The van der Waals surface area contributed by atoms with Crippen LogP contribution < -0.4 is 0 Å². The number of likely N-dealkylation sites (N-methyl/N-ethyl adjacent to an activating group) is 1. The zero-order chi connectivity index (χ0) is 12.3. The van der Waals surface area contributed by atoms with Crippen LogP contribution >= 0.6 is 0 Å². The van der Waals surface area contributed by atoms with Crippen molar-refractivity contribution in [2.24, 2.45) is 0 Å². The van der Waals surface area contributed by atoms with Crippen molar-refractivity contribution in [3.8, 4) is 0 Å². The van der Waals surface area contributed by atoms with Gasteiger partial charge in [-0.3, -0.25) is 9.69 Å². The lowest BCUT2D eigenvalue weighted by atomic mass is 10.2. The first kappa shape index (κ1) is 12.6. The van der Waals surface area contributed by atoms with Gasteiger partial charge in [0.2, 0.25) is 5.89 Å². The van der Waals surface area contributed by atoms with Crippen molar-refractivity contribution in [1.29, 1.82) is 0 Å². The standard InChI is InChI=1S/C10H17N3O3/c1-6(2)9-11-8(12-16-9)5-13(4)7(3)10(14)15/h6-7H,5H2,1-4H3,(H,14,15). The summed E-state index contributed by atoms with van der Waals surface area (Å²) in [5.74, 6) is 0.407. The van der Waals surface area contributed by atoms with E-state index < -0.39 is 12.0 Å². The van der Waals surface area contributed by atoms with Gasteiger partial charge in [0.15, 0.2) is 5.82 Å². The van der Waals surface area contributed by atoms with Crippen molar-refractivity contribution in [1.82, 2.24) is 15.0 Å². The molecular weight excluding hydrogens is 210 g/mol. The van der Waals surface area contributed by atoms with Crippen LogP contribution in [0.15, 0.2) is 4.52 Å². The lowest BCUT2D eigenvalue weighted by Gasteiger charge is -2.18. The van der Waals surface area contributed by atoms with E-state index >= 15 is 0 Å². The molecule has 1 N–H and O–H groups in total. The summed E-state index contributed by atoms with van der Waals surface area (Å²) in [5.41, 5.74) is 0. The molecule has 0 saturated carbocycles. The molecule has 0 fully saturated rings. The van der Waals surface area contributed by atoms with Gasteiger partial charge in [-0.2, -0.15) is 4.98 Å². The van der Waals surface area contributed by atoms with Gasteiger partial charge in [0.25, 0.3) is 0 Å². The first-order chi connectivity index (χ1) is 7.41. The van der Waals surface area contributed by atoms with E-state index in [1.54, 1.807) is 18.9 Å². The topological polar surface area (TPSA) is 79.5 Å². The summed E-state index contributed by atoms with van der Waals surface area (Å²) in [6.45, 7) is 5.90. The third-order valence-electron chi connectivity index (χ3n) is 2.39. The Morgan fingerprint density at radius 1 is 1.50 bits per heavy atom. The third kappa shape index (κ3) is 3.03. The van der Waals surface area contributed by atoms with Gasteiger partial charge >= 0.3 is 5.97 Å². The average molecular weight is 227 g/mol. The lowest BCUT2D eigenvalue weighted by Crippen LogP contribution is -2.35. The smallest absolute Gasteiger partial charge is 0.320 e. The summed E-state index contributed by atoms with van der Waals surface area (Å²) >= 11 is 0. The Balaban J connectivity index is 2.62. The summed E-state index contributed by atoms with van der Waals surface area (Å²) < 4.78 is 5.03. The molecule has 1 aromatic rings. The van der Waals surface area contributed by atoms with Crippen molar-refractivity contribution in [2.75, 3.05) is 7.05 Å². The Kier molecular flexibility index (Phi) is 4.00. The molecule has 0 aliphatic carbocycles. The van der Waals surface area contributed by atoms with Crippen LogP contribution in [0.3, 0.4) is 0 Å².